The number of unbranched alkanes of at least 4 members (excludes halogenated alkanes) is 1. The summed E-state index contributed by atoms with van der Waals surface area (Å²) in [6.07, 6.45) is 5.12. The van der Waals surface area contributed by atoms with Crippen LogP contribution in [0.3, 0.4) is 0 Å². The highest BCUT2D eigenvalue weighted by Crippen LogP contribution is 2.23. The number of hydrogen-bond donors (Lipinski definition) is 2. The van der Waals surface area contributed by atoms with E-state index in [0.717, 1.165) is 42.6 Å². The van der Waals surface area contributed by atoms with Crippen molar-refractivity contribution in [2.75, 3.05) is 6.54 Å². The summed E-state index contributed by atoms with van der Waals surface area (Å²) in [5, 5.41) is 4.28. The second-order valence-electron chi connectivity index (χ2n) is 6.02. The van der Waals surface area contributed by atoms with Gasteiger partial charge < -0.3 is 11.1 Å². The van der Waals surface area contributed by atoms with Gasteiger partial charge in [-0.2, -0.15) is 0 Å². The Bertz CT molecular complexity index is 603. The molecule has 2 aromatic rings. The first kappa shape index (κ1) is 24.1. The topological polar surface area (TPSA) is 68.0 Å². The smallest absolute Gasteiger partial charge is 0.220 e. The summed E-state index contributed by atoms with van der Waals surface area (Å²) < 4.78 is 1.24. The Hall–Kier alpha value is -0.880. The standard InChI is InChI=1S/C18H27N3OS.2ClH/c1-3-18(4-2,13-19)21-16(22)11-7-8-12-17-20-14-9-5-6-10-15(14)23-17;;/h5-6,9-10H,3-4,7-8,11-13,19H2,1-2H3,(H,21,22);2*1H. The monoisotopic (exact) mass is 405 g/mol. The average Bonchev–Trinajstić information content (AvgIpc) is 2.99. The molecule has 3 N–H and O–H groups in total. The Kier molecular flexibility index (Phi) is 11.3. The second-order valence-corrected chi connectivity index (χ2v) is 7.14. The van der Waals surface area contributed by atoms with Crippen molar-refractivity contribution in [3.05, 3.63) is 29.3 Å². The lowest BCUT2D eigenvalue weighted by Crippen LogP contribution is -2.52. The number of amides is 1. The lowest BCUT2D eigenvalue weighted by atomic mass is 9.92. The lowest BCUT2D eigenvalue weighted by molar-refractivity contribution is -0.123. The highest BCUT2D eigenvalue weighted by Gasteiger charge is 2.25. The predicted molar refractivity (Wildman–Crippen MR) is 112 cm³/mol. The van der Waals surface area contributed by atoms with E-state index in [2.05, 4.69) is 30.2 Å². The molecule has 0 aliphatic rings. The van der Waals surface area contributed by atoms with Crippen LogP contribution in [0.1, 0.15) is 51.0 Å². The zero-order valence-electron chi connectivity index (χ0n) is 14.9. The number of halogens is 2. The van der Waals surface area contributed by atoms with Crippen LogP contribution in [0.2, 0.25) is 0 Å². The van der Waals surface area contributed by atoms with Crippen LogP contribution in [0.25, 0.3) is 10.2 Å². The molecular weight excluding hydrogens is 377 g/mol. The third-order valence-electron chi connectivity index (χ3n) is 4.53. The van der Waals surface area contributed by atoms with Crippen molar-refractivity contribution >= 4 is 52.3 Å². The van der Waals surface area contributed by atoms with Crippen LogP contribution in [-0.2, 0) is 11.2 Å². The molecule has 0 saturated carbocycles. The van der Waals surface area contributed by atoms with Crippen molar-refractivity contribution in [3.63, 3.8) is 0 Å². The van der Waals surface area contributed by atoms with Crippen molar-refractivity contribution < 1.29 is 4.79 Å². The molecule has 0 bridgehead atoms. The van der Waals surface area contributed by atoms with Crippen LogP contribution in [0, 0.1) is 0 Å². The van der Waals surface area contributed by atoms with Gasteiger partial charge in [0.1, 0.15) is 0 Å². The maximum atomic E-state index is 12.1. The number of benzene rings is 1. The summed E-state index contributed by atoms with van der Waals surface area (Å²) in [6.45, 7) is 4.64. The maximum Gasteiger partial charge on any atom is 0.220 e. The van der Waals surface area contributed by atoms with Crippen molar-refractivity contribution in [2.45, 2.75) is 57.9 Å². The molecule has 142 valence electrons. The Balaban J connectivity index is 0.00000288. The van der Waals surface area contributed by atoms with E-state index in [4.69, 9.17) is 5.73 Å². The first-order valence-corrected chi connectivity index (χ1v) is 9.29. The van der Waals surface area contributed by atoms with Gasteiger partial charge in [0, 0.05) is 13.0 Å². The number of nitrogens with zero attached hydrogens (tertiary/aromatic N) is 1. The van der Waals surface area contributed by atoms with Gasteiger partial charge in [-0.25, -0.2) is 4.98 Å². The van der Waals surface area contributed by atoms with Gasteiger partial charge in [-0.15, -0.1) is 36.2 Å². The van der Waals surface area contributed by atoms with Crippen molar-refractivity contribution in [1.29, 1.82) is 0 Å². The van der Waals surface area contributed by atoms with E-state index in [0.29, 0.717) is 13.0 Å². The molecule has 0 aliphatic carbocycles. The van der Waals surface area contributed by atoms with E-state index in [1.807, 2.05) is 18.2 Å². The summed E-state index contributed by atoms with van der Waals surface area (Å²) in [6, 6.07) is 8.21. The van der Waals surface area contributed by atoms with Gasteiger partial charge in [0.05, 0.1) is 20.8 Å². The number of thiazole rings is 1. The minimum absolute atomic E-state index is 0. The number of nitrogens with two attached hydrogens (primary N) is 1. The van der Waals surface area contributed by atoms with Crippen LogP contribution >= 0.6 is 36.2 Å². The SMILES string of the molecule is CCC(CC)(CN)NC(=O)CCCCc1nc2ccccc2s1.Cl.Cl. The molecule has 0 aliphatic heterocycles. The summed E-state index contributed by atoms with van der Waals surface area (Å²) in [5.41, 5.74) is 6.66. The quantitative estimate of drug-likeness (QED) is 0.603. The summed E-state index contributed by atoms with van der Waals surface area (Å²) >= 11 is 1.75. The number of hydrogen-bond acceptors (Lipinski definition) is 4. The number of aryl methyl sites for hydroxylation is 1. The number of nitrogens with one attached hydrogen (secondary N) is 1. The van der Waals surface area contributed by atoms with Gasteiger partial charge in [-0.3, -0.25) is 4.79 Å². The van der Waals surface area contributed by atoms with Gasteiger partial charge in [0.15, 0.2) is 0 Å². The minimum Gasteiger partial charge on any atom is -0.349 e. The number of aromatic nitrogens is 1. The van der Waals surface area contributed by atoms with Gasteiger partial charge in [-0.05, 0) is 44.2 Å². The molecule has 7 heteroatoms. The average molecular weight is 406 g/mol. The molecule has 1 aromatic heterocycles. The number of rotatable bonds is 9. The van der Waals surface area contributed by atoms with E-state index in [-0.39, 0.29) is 36.3 Å². The number of carbonyl (C=O) groups excluding carboxylic acids is 1. The molecule has 0 unspecified atom stereocenters. The first-order chi connectivity index (χ1) is 11.1. The van der Waals surface area contributed by atoms with Crippen molar-refractivity contribution in [1.82, 2.24) is 10.3 Å². The Morgan fingerprint density at radius 3 is 2.48 bits per heavy atom. The minimum atomic E-state index is -0.232. The van der Waals surface area contributed by atoms with Crippen molar-refractivity contribution in [3.8, 4) is 0 Å². The third-order valence-corrected chi connectivity index (χ3v) is 5.63. The van der Waals surface area contributed by atoms with E-state index < -0.39 is 0 Å². The van der Waals surface area contributed by atoms with E-state index in [1.165, 1.54) is 4.70 Å². The van der Waals surface area contributed by atoms with E-state index in [1.54, 1.807) is 11.3 Å². The van der Waals surface area contributed by atoms with E-state index in [9.17, 15) is 4.79 Å². The predicted octanol–water partition coefficient (Wildman–Crippen LogP) is 4.49. The molecule has 25 heavy (non-hydrogen) atoms. The Labute approximate surface area is 166 Å². The highest BCUT2D eigenvalue weighted by atomic mass is 35.5. The fourth-order valence-electron chi connectivity index (χ4n) is 2.71. The van der Waals surface area contributed by atoms with Gasteiger partial charge in [0.25, 0.3) is 0 Å². The molecular formula is C18H29Cl2N3OS. The third kappa shape index (κ3) is 6.74. The fraction of sp³-hybridized carbons (Fsp3) is 0.556. The Morgan fingerprint density at radius 1 is 1.20 bits per heavy atom. The van der Waals surface area contributed by atoms with Crippen LogP contribution in [0.5, 0.6) is 0 Å². The lowest BCUT2D eigenvalue weighted by Gasteiger charge is -2.31. The van der Waals surface area contributed by atoms with Gasteiger partial charge in [-0.1, -0.05) is 26.0 Å². The van der Waals surface area contributed by atoms with Crippen LogP contribution < -0.4 is 11.1 Å². The fourth-order valence-corrected chi connectivity index (χ4v) is 3.72. The maximum absolute atomic E-state index is 12.1. The van der Waals surface area contributed by atoms with E-state index >= 15 is 0 Å². The number of carbonyl (C=O) groups is 1. The first-order valence-electron chi connectivity index (χ1n) is 8.48. The number of fused-ring (bicyclic) bond motifs is 1. The zero-order chi connectivity index (χ0) is 16.7. The molecule has 2 rings (SSSR count). The van der Waals surface area contributed by atoms with Gasteiger partial charge in [0.2, 0.25) is 5.91 Å². The second kappa shape index (κ2) is 11.7. The molecule has 1 aromatic carbocycles. The van der Waals surface area contributed by atoms with Crippen LogP contribution in [0.4, 0.5) is 0 Å². The number of para-hydroxylation sites is 1. The van der Waals surface area contributed by atoms with Crippen LogP contribution in [-0.4, -0.2) is 23.0 Å². The molecule has 1 heterocycles. The summed E-state index contributed by atoms with van der Waals surface area (Å²) in [7, 11) is 0. The molecule has 4 nitrogen and oxygen atoms in total. The zero-order valence-corrected chi connectivity index (χ0v) is 17.4. The largest absolute Gasteiger partial charge is 0.349 e. The molecule has 0 spiro atoms. The van der Waals surface area contributed by atoms with Crippen LogP contribution in [0.15, 0.2) is 24.3 Å². The normalized spacial score (nSPS) is 10.8. The summed E-state index contributed by atoms with van der Waals surface area (Å²) in [5.74, 6) is 0.114. The summed E-state index contributed by atoms with van der Waals surface area (Å²) in [4.78, 5) is 16.7. The Morgan fingerprint density at radius 2 is 1.88 bits per heavy atom. The molecule has 0 radical (unpaired) electrons. The highest BCUT2D eigenvalue weighted by molar-refractivity contribution is 7.18. The van der Waals surface area contributed by atoms with Gasteiger partial charge >= 0.3 is 0 Å². The van der Waals surface area contributed by atoms with Crippen molar-refractivity contribution in [2.24, 2.45) is 5.73 Å². The molecule has 0 atom stereocenters. The molecule has 1 amide bonds. The molecule has 0 saturated heterocycles. The molecule has 0 fully saturated rings.